The van der Waals surface area contributed by atoms with Gasteiger partial charge >= 0.3 is 0 Å². The van der Waals surface area contributed by atoms with Gasteiger partial charge in [-0.3, -0.25) is 5.10 Å². The fourth-order valence-electron chi connectivity index (χ4n) is 3.46. The van der Waals surface area contributed by atoms with Gasteiger partial charge in [0.2, 0.25) is 0 Å². The Hall–Kier alpha value is -3.39. The summed E-state index contributed by atoms with van der Waals surface area (Å²) in [6.07, 6.45) is 0. The predicted octanol–water partition coefficient (Wildman–Crippen LogP) is 3.98. The van der Waals surface area contributed by atoms with E-state index in [1.165, 1.54) is 6.07 Å². The third-order valence-corrected chi connectivity index (χ3v) is 4.87. The number of hydrogen-bond acceptors (Lipinski definition) is 5. The zero-order valence-electron chi connectivity index (χ0n) is 14.8. The number of anilines is 2. The second-order valence-electron chi connectivity index (χ2n) is 6.58. The van der Waals surface area contributed by atoms with Crippen LogP contribution in [0, 0.1) is 5.82 Å². The first kappa shape index (κ1) is 16.8. The maximum Gasteiger partial charge on any atom is 0.162 e. The Bertz CT molecular complexity index is 1190. The van der Waals surface area contributed by atoms with Crippen LogP contribution in [-0.4, -0.2) is 20.2 Å². The van der Waals surface area contributed by atoms with Crippen molar-refractivity contribution in [3.05, 3.63) is 65.1 Å². The molecule has 6 nitrogen and oxygen atoms in total. The van der Waals surface area contributed by atoms with Gasteiger partial charge in [-0.1, -0.05) is 30.3 Å². The highest BCUT2D eigenvalue weighted by Crippen LogP contribution is 2.31. The first-order valence-electron chi connectivity index (χ1n) is 8.89. The van der Waals surface area contributed by atoms with Crippen LogP contribution in [0.5, 0.6) is 0 Å². The van der Waals surface area contributed by atoms with Crippen molar-refractivity contribution in [3.8, 4) is 11.4 Å². The number of rotatable bonds is 4. The molecule has 0 saturated carbocycles. The molecular weight excluding hydrogens is 362 g/mol. The van der Waals surface area contributed by atoms with Gasteiger partial charge in [-0.05, 0) is 17.7 Å². The summed E-state index contributed by atoms with van der Waals surface area (Å²) in [6.45, 7) is 0.619. The highest BCUT2D eigenvalue weighted by atomic mass is 19.1. The fraction of sp³-hybridized carbons (Fsp3) is 0.150. The maximum absolute atomic E-state index is 14.0. The van der Waals surface area contributed by atoms with E-state index in [2.05, 4.69) is 30.8 Å². The van der Waals surface area contributed by atoms with E-state index >= 15 is 0 Å². The number of aromatic amines is 1. The van der Waals surface area contributed by atoms with Crippen molar-refractivity contribution < 1.29 is 8.78 Å². The molecule has 0 atom stereocenters. The molecule has 5 rings (SSSR count). The zero-order valence-corrected chi connectivity index (χ0v) is 14.8. The molecule has 0 spiro atoms. The molecule has 0 amide bonds. The van der Waals surface area contributed by atoms with Crippen molar-refractivity contribution in [1.82, 2.24) is 25.5 Å². The molecule has 2 aromatic heterocycles. The number of para-hydroxylation sites is 1. The predicted molar refractivity (Wildman–Crippen MR) is 102 cm³/mol. The number of benzene rings is 2. The lowest BCUT2D eigenvalue weighted by atomic mass is 10.1. The average molecular weight is 378 g/mol. The summed E-state index contributed by atoms with van der Waals surface area (Å²) in [5, 5.41) is 14.0. The van der Waals surface area contributed by atoms with Crippen molar-refractivity contribution in [3.63, 3.8) is 0 Å². The second-order valence-corrected chi connectivity index (χ2v) is 6.58. The van der Waals surface area contributed by atoms with Gasteiger partial charge in [-0.15, -0.1) is 0 Å². The van der Waals surface area contributed by atoms with Gasteiger partial charge in [0, 0.05) is 29.6 Å². The van der Waals surface area contributed by atoms with Gasteiger partial charge < -0.3 is 10.6 Å². The monoisotopic (exact) mass is 378 g/mol. The molecule has 3 N–H and O–H groups in total. The number of aromatic nitrogens is 4. The Morgan fingerprint density at radius 3 is 2.79 bits per heavy atom. The molecule has 0 fully saturated rings. The van der Waals surface area contributed by atoms with Crippen molar-refractivity contribution in [1.29, 1.82) is 0 Å². The largest absolute Gasteiger partial charge is 0.323 e. The van der Waals surface area contributed by atoms with E-state index in [1.807, 2.05) is 12.1 Å². The molecule has 3 heterocycles. The van der Waals surface area contributed by atoms with E-state index in [1.54, 1.807) is 24.3 Å². The SMILES string of the molecule is FCc1ccccc1-c1nc2c(c(Nc3n[nH]c4c(F)cccc34)n1)CNC2. The van der Waals surface area contributed by atoms with Crippen LogP contribution >= 0.6 is 0 Å². The normalized spacial score (nSPS) is 13.1. The summed E-state index contributed by atoms with van der Waals surface area (Å²) in [5.41, 5.74) is 3.30. The molecule has 8 heteroatoms. The lowest BCUT2D eigenvalue weighted by Gasteiger charge is -2.12. The van der Waals surface area contributed by atoms with Gasteiger partial charge in [-0.25, -0.2) is 18.7 Å². The highest BCUT2D eigenvalue weighted by Gasteiger charge is 2.22. The van der Waals surface area contributed by atoms with Crippen LogP contribution in [-0.2, 0) is 19.8 Å². The number of fused-ring (bicyclic) bond motifs is 2. The quantitative estimate of drug-likeness (QED) is 0.501. The molecule has 2 aromatic carbocycles. The molecule has 28 heavy (non-hydrogen) atoms. The van der Waals surface area contributed by atoms with Crippen LogP contribution in [0.2, 0.25) is 0 Å². The molecule has 1 aliphatic rings. The number of nitrogens with one attached hydrogen (secondary N) is 3. The second kappa shape index (κ2) is 6.65. The molecule has 0 saturated heterocycles. The summed E-state index contributed by atoms with van der Waals surface area (Å²) in [7, 11) is 0. The standard InChI is InChI=1S/C20H16F2N6/c21-8-11-4-1-2-5-12(11)18-24-16-10-23-9-14(16)19(25-18)26-20-13-6-3-7-15(22)17(13)27-28-20/h1-7,23H,8-10H2,(H2,24,25,26,27,28). The first-order chi connectivity index (χ1) is 13.7. The molecule has 0 aliphatic carbocycles. The Morgan fingerprint density at radius 1 is 1.00 bits per heavy atom. The van der Waals surface area contributed by atoms with Crippen LogP contribution in [0.25, 0.3) is 22.3 Å². The molecule has 1 aliphatic heterocycles. The van der Waals surface area contributed by atoms with E-state index in [9.17, 15) is 8.78 Å². The van der Waals surface area contributed by atoms with Crippen molar-refractivity contribution >= 4 is 22.5 Å². The number of halogens is 2. The summed E-state index contributed by atoms with van der Waals surface area (Å²) < 4.78 is 27.4. The third kappa shape index (κ3) is 2.69. The van der Waals surface area contributed by atoms with Gasteiger partial charge in [0.05, 0.1) is 5.69 Å². The van der Waals surface area contributed by atoms with Crippen LogP contribution in [0.4, 0.5) is 20.4 Å². The van der Waals surface area contributed by atoms with E-state index in [4.69, 9.17) is 0 Å². The van der Waals surface area contributed by atoms with Gasteiger partial charge in [0.1, 0.15) is 23.8 Å². The fourth-order valence-corrected chi connectivity index (χ4v) is 3.46. The highest BCUT2D eigenvalue weighted by molar-refractivity contribution is 5.91. The van der Waals surface area contributed by atoms with E-state index < -0.39 is 6.67 Å². The van der Waals surface area contributed by atoms with Crippen molar-refractivity contribution in [2.45, 2.75) is 19.8 Å². The summed E-state index contributed by atoms with van der Waals surface area (Å²) in [5.74, 6) is 1.14. The van der Waals surface area contributed by atoms with E-state index in [-0.39, 0.29) is 5.82 Å². The van der Waals surface area contributed by atoms with Crippen LogP contribution < -0.4 is 10.6 Å². The van der Waals surface area contributed by atoms with Gasteiger partial charge in [-0.2, -0.15) is 5.10 Å². The summed E-state index contributed by atoms with van der Waals surface area (Å²) in [6, 6.07) is 11.9. The molecule has 4 aromatic rings. The van der Waals surface area contributed by atoms with Crippen LogP contribution in [0.15, 0.2) is 42.5 Å². The Kier molecular flexibility index (Phi) is 3.98. The molecule has 0 bridgehead atoms. The van der Waals surface area contributed by atoms with Crippen LogP contribution in [0.3, 0.4) is 0 Å². The molecule has 0 unspecified atom stereocenters. The summed E-state index contributed by atoms with van der Waals surface area (Å²) in [4.78, 5) is 9.28. The van der Waals surface area contributed by atoms with E-state index in [0.29, 0.717) is 52.6 Å². The molecule has 140 valence electrons. The first-order valence-corrected chi connectivity index (χ1v) is 8.89. The van der Waals surface area contributed by atoms with Gasteiger partial charge in [0.15, 0.2) is 11.6 Å². The minimum atomic E-state index is -0.596. The maximum atomic E-state index is 14.0. The van der Waals surface area contributed by atoms with Crippen molar-refractivity contribution in [2.24, 2.45) is 0 Å². The number of hydrogen-bond donors (Lipinski definition) is 3. The lowest BCUT2D eigenvalue weighted by Crippen LogP contribution is -2.05. The Labute approximate surface area is 159 Å². The number of alkyl halides is 1. The molecular formula is C20H16F2N6. The number of H-pyrrole nitrogens is 1. The number of nitrogens with zero attached hydrogens (tertiary/aromatic N) is 3. The topological polar surface area (TPSA) is 78.5 Å². The average Bonchev–Trinajstić information content (AvgIpc) is 3.36. The summed E-state index contributed by atoms with van der Waals surface area (Å²) >= 11 is 0. The van der Waals surface area contributed by atoms with Crippen LogP contribution in [0.1, 0.15) is 16.8 Å². The Morgan fingerprint density at radius 2 is 1.89 bits per heavy atom. The van der Waals surface area contributed by atoms with Crippen molar-refractivity contribution in [2.75, 3.05) is 5.32 Å². The van der Waals surface area contributed by atoms with Gasteiger partial charge in [0.25, 0.3) is 0 Å². The molecule has 0 radical (unpaired) electrons. The minimum Gasteiger partial charge on any atom is -0.323 e. The smallest absolute Gasteiger partial charge is 0.162 e. The van der Waals surface area contributed by atoms with E-state index in [0.717, 1.165) is 11.3 Å². The zero-order chi connectivity index (χ0) is 19.1. The lowest BCUT2D eigenvalue weighted by molar-refractivity contribution is 0.486. The third-order valence-electron chi connectivity index (χ3n) is 4.87. The Balaban J connectivity index is 1.63. The minimum absolute atomic E-state index is 0.330.